The summed E-state index contributed by atoms with van der Waals surface area (Å²) < 4.78 is 3.77. The van der Waals surface area contributed by atoms with Crippen molar-refractivity contribution in [2.45, 2.75) is 19.9 Å². The van der Waals surface area contributed by atoms with E-state index in [0.29, 0.717) is 5.95 Å². The third-order valence-corrected chi connectivity index (χ3v) is 2.85. The zero-order valence-electron chi connectivity index (χ0n) is 10.9. The van der Waals surface area contributed by atoms with Crippen LogP contribution in [0.1, 0.15) is 13.3 Å². The Balaban J connectivity index is 1.92. The number of fused-ring (bicyclic) bond motifs is 1. The van der Waals surface area contributed by atoms with Gasteiger partial charge >= 0.3 is 0 Å². The van der Waals surface area contributed by atoms with E-state index in [2.05, 4.69) is 32.3 Å². The summed E-state index contributed by atoms with van der Waals surface area (Å²) in [6.07, 6.45) is 6.23. The summed E-state index contributed by atoms with van der Waals surface area (Å²) in [7, 11) is 1.91. The van der Waals surface area contributed by atoms with Crippen LogP contribution >= 0.6 is 0 Å². The molecule has 0 unspecified atom stereocenters. The summed E-state index contributed by atoms with van der Waals surface area (Å²) in [6, 6.07) is 1.91. The molecule has 3 aromatic rings. The SMILES string of the molecule is CCCn1nccc1Nc1ncc2ncn(C)c2n1. The zero-order chi connectivity index (χ0) is 13.2. The molecular weight excluding hydrogens is 242 g/mol. The van der Waals surface area contributed by atoms with Crippen molar-refractivity contribution in [3.8, 4) is 0 Å². The van der Waals surface area contributed by atoms with Gasteiger partial charge in [0.05, 0.1) is 18.7 Å². The Labute approximate surface area is 110 Å². The number of aryl methyl sites for hydroxylation is 2. The highest BCUT2D eigenvalue weighted by Crippen LogP contribution is 2.15. The van der Waals surface area contributed by atoms with E-state index in [-0.39, 0.29) is 0 Å². The van der Waals surface area contributed by atoms with Gasteiger partial charge in [-0.05, 0) is 6.42 Å². The molecule has 0 aliphatic carbocycles. The topological polar surface area (TPSA) is 73.5 Å². The Bertz CT molecular complexity index is 697. The van der Waals surface area contributed by atoms with E-state index < -0.39 is 0 Å². The maximum atomic E-state index is 4.45. The highest BCUT2D eigenvalue weighted by Gasteiger charge is 2.07. The molecule has 1 N–H and O–H groups in total. The minimum absolute atomic E-state index is 0.550. The molecule has 0 bridgehead atoms. The lowest BCUT2D eigenvalue weighted by molar-refractivity contribution is 0.609. The molecule has 0 fully saturated rings. The normalized spacial score (nSPS) is 11.1. The summed E-state index contributed by atoms with van der Waals surface area (Å²) in [5.41, 5.74) is 1.59. The molecule has 0 radical (unpaired) electrons. The summed E-state index contributed by atoms with van der Waals surface area (Å²) in [5, 5.41) is 7.44. The van der Waals surface area contributed by atoms with E-state index in [4.69, 9.17) is 0 Å². The lowest BCUT2D eigenvalue weighted by atomic mass is 10.5. The highest BCUT2D eigenvalue weighted by atomic mass is 15.3. The maximum Gasteiger partial charge on any atom is 0.230 e. The number of nitrogens with zero attached hydrogens (tertiary/aromatic N) is 6. The van der Waals surface area contributed by atoms with Gasteiger partial charge in [-0.2, -0.15) is 10.1 Å². The molecule has 3 heterocycles. The second kappa shape index (κ2) is 4.68. The number of hydrogen-bond acceptors (Lipinski definition) is 5. The zero-order valence-corrected chi connectivity index (χ0v) is 10.9. The molecule has 98 valence electrons. The second-order valence-electron chi connectivity index (χ2n) is 4.32. The van der Waals surface area contributed by atoms with Crippen LogP contribution in [0.5, 0.6) is 0 Å². The van der Waals surface area contributed by atoms with Gasteiger partial charge in [-0.15, -0.1) is 0 Å². The van der Waals surface area contributed by atoms with Crippen molar-refractivity contribution >= 4 is 22.9 Å². The fourth-order valence-corrected chi connectivity index (χ4v) is 1.92. The molecular formula is C12H15N7. The van der Waals surface area contributed by atoms with Crippen molar-refractivity contribution in [3.63, 3.8) is 0 Å². The first-order chi connectivity index (χ1) is 9.28. The Morgan fingerprint density at radius 1 is 1.32 bits per heavy atom. The summed E-state index contributed by atoms with van der Waals surface area (Å²) in [4.78, 5) is 12.9. The average molecular weight is 257 g/mol. The van der Waals surface area contributed by atoms with Crippen LogP contribution in [0.2, 0.25) is 0 Å². The van der Waals surface area contributed by atoms with Crippen LogP contribution in [-0.2, 0) is 13.6 Å². The fourth-order valence-electron chi connectivity index (χ4n) is 1.92. The molecule has 3 rings (SSSR count). The molecule has 0 saturated heterocycles. The van der Waals surface area contributed by atoms with Crippen molar-refractivity contribution in [2.24, 2.45) is 7.05 Å². The van der Waals surface area contributed by atoms with E-state index in [9.17, 15) is 0 Å². The minimum Gasteiger partial charge on any atom is -0.318 e. The van der Waals surface area contributed by atoms with Gasteiger partial charge in [-0.1, -0.05) is 6.92 Å². The molecule has 19 heavy (non-hydrogen) atoms. The molecule has 0 amide bonds. The first kappa shape index (κ1) is 11.6. The van der Waals surface area contributed by atoms with Gasteiger partial charge in [0.25, 0.3) is 0 Å². The molecule has 7 nitrogen and oxygen atoms in total. The quantitative estimate of drug-likeness (QED) is 0.770. The van der Waals surface area contributed by atoms with E-state index in [0.717, 1.165) is 29.9 Å². The van der Waals surface area contributed by atoms with Crippen molar-refractivity contribution in [1.82, 2.24) is 29.3 Å². The van der Waals surface area contributed by atoms with Gasteiger partial charge in [0.2, 0.25) is 5.95 Å². The number of nitrogens with one attached hydrogen (secondary N) is 1. The summed E-state index contributed by atoms with van der Waals surface area (Å²) in [5.74, 6) is 1.44. The number of imidazole rings is 1. The van der Waals surface area contributed by atoms with Gasteiger partial charge < -0.3 is 9.88 Å². The smallest absolute Gasteiger partial charge is 0.230 e. The van der Waals surface area contributed by atoms with E-state index in [1.54, 1.807) is 18.7 Å². The van der Waals surface area contributed by atoms with Crippen LogP contribution in [0.4, 0.5) is 11.8 Å². The standard InChI is InChI=1S/C12H15N7/c1-3-6-19-10(4-5-15-19)16-12-13-7-9-11(17-12)18(2)8-14-9/h4-5,7-8H,3,6H2,1-2H3,(H,13,16,17). The lowest BCUT2D eigenvalue weighted by Gasteiger charge is -2.07. The maximum absolute atomic E-state index is 4.45. The molecule has 0 saturated carbocycles. The summed E-state index contributed by atoms with van der Waals surface area (Å²) in [6.45, 7) is 2.98. The highest BCUT2D eigenvalue weighted by molar-refractivity contribution is 5.71. The van der Waals surface area contributed by atoms with Crippen molar-refractivity contribution < 1.29 is 0 Å². The van der Waals surface area contributed by atoms with Gasteiger partial charge in [0, 0.05) is 19.7 Å². The molecule has 0 aliphatic heterocycles. The fraction of sp³-hybridized carbons (Fsp3) is 0.333. The third-order valence-electron chi connectivity index (χ3n) is 2.85. The first-order valence-electron chi connectivity index (χ1n) is 6.21. The number of aromatic nitrogens is 6. The van der Waals surface area contributed by atoms with Crippen molar-refractivity contribution in [2.75, 3.05) is 5.32 Å². The minimum atomic E-state index is 0.550. The number of rotatable bonds is 4. The van der Waals surface area contributed by atoms with Crippen LogP contribution in [0.3, 0.4) is 0 Å². The van der Waals surface area contributed by atoms with E-state index in [1.165, 1.54) is 0 Å². The van der Waals surface area contributed by atoms with Gasteiger partial charge in [-0.25, -0.2) is 14.6 Å². The van der Waals surface area contributed by atoms with Gasteiger partial charge in [0.1, 0.15) is 11.3 Å². The van der Waals surface area contributed by atoms with Gasteiger partial charge in [-0.3, -0.25) is 0 Å². The third kappa shape index (κ3) is 2.14. The van der Waals surface area contributed by atoms with E-state index in [1.807, 2.05) is 22.4 Å². The monoisotopic (exact) mass is 257 g/mol. The number of hydrogen-bond donors (Lipinski definition) is 1. The molecule has 7 heteroatoms. The Hall–Kier alpha value is -2.44. The molecule has 0 atom stereocenters. The van der Waals surface area contributed by atoms with Crippen LogP contribution in [0, 0.1) is 0 Å². The first-order valence-corrected chi connectivity index (χ1v) is 6.21. The Morgan fingerprint density at radius 2 is 2.21 bits per heavy atom. The van der Waals surface area contributed by atoms with Gasteiger partial charge in [0.15, 0.2) is 5.65 Å². The van der Waals surface area contributed by atoms with Crippen LogP contribution in [-0.4, -0.2) is 29.3 Å². The Kier molecular flexibility index (Phi) is 2.86. The lowest BCUT2D eigenvalue weighted by Crippen LogP contribution is -2.06. The predicted octanol–water partition coefficient (Wildman–Crippen LogP) is 1.71. The molecule has 0 aliphatic rings. The van der Waals surface area contributed by atoms with E-state index >= 15 is 0 Å². The van der Waals surface area contributed by atoms with Crippen LogP contribution in [0.15, 0.2) is 24.8 Å². The molecule has 3 aromatic heterocycles. The van der Waals surface area contributed by atoms with Crippen molar-refractivity contribution in [1.29, 1.82) is 0 Å². The predicted molar refractivity (Wildman–Crippen MR) is 72.1 cm³/mol. The average Bonchev–Trinajstić information content (AvgIpc) is 2.99. The van der Waals surface area contributed by atoms with Crippen LogP contribution in [0.25, 0.3) is 11.2 Å². The summed E-state index contributed by atoms with van der Waals surface area (Å²) >= 11 is 0. The number of anilines is 2. The van der Waals surface area contributed by atoms with Crippen molar-refractivity contribution in [3.05, 3.63) is 24.8 Å². The Morgan fingerprint density at radius 3 is 3.05 bits per heavy atom. The van der Waals surface area contributed by atoms with Crippen LogP contribution < -0.4 is 5.32 Å². The molecule has 0 spiro atoms. The largest absolute Gasteiger partial charge is 0.318 e. The second-order valence-corrected chi connectivity index (χ2v) is 4.32. The molecule has 0 aromatic carbocycles.